The molecule has 1 aromatic rings. The molecule has 0 spiro atoms. The Bertz CT molecular complexity index is 432. The van der Waals surface area contributed by atoms with Crippen LogP contribution in [0.25, 0.3) is 0 Å². The molecular formula is C15H20ClF2N. The maximum Gasteiger partial charge on any atom is 0.142 e. The second-order valence-corrected chi connectivity index (χ2v) is 5.72. The fourth-order valence-electron chi connectivity index (χ4n) is 2.30. The Kier molecular flexibility index (Phi) is 5.17. The van der Waals surface area contributed by atoms with E-state index in [1.807, 2.05) is 0 Å². The fourth-order valence-corrected chi connectivity index (χ4v) is 2.45. The molecule has 1 N–H and O–H groups in total. The van der Waals surface area contributed by atoms with Crippen LogP contribution in [0.1, 0.15) is 50.6 Å². The third-order valence-corrected chi connectivity index (χ3v) is 3.91. The van der Waals surface area contributed by atoms with Crippen molar-refractivity contribution in [2.24, 2.45) is 5.92 Å². The van der Waals surface area contributed by atoms with Gasteiger partial charge < -0.3 is 5.32 Å². The first-order chi connectivity index (χ1) is 9.11. The Balaban J connectivity index is 2.12. The SMILES string of the molecule is CCCNC(CCC1CC1)c1cc(F)c(Cl)cc1F. The maximum absolute atomic E-state index is 14.0. The molecule has 0 amide bonds. The number of benzene rings is 1. The van der Waals surface area contributed by atoms with Gasteiger partial charge in [-0.25, -0.2) is 8.78 Å². The molecule has 1 aliphatic carbocycles. The molecule has 0 aromatic heterocycles. The average Bonchev–Trinajstić information content (AvgIpc) is 3.19. The highest BCUT2D eigenvalue weighted by molar-refractivity contribution is 6.30. The molecule has 1 nitrogen and oxygen atoms in total. The lowest BCUT2D eigenvalue weighted by Crippen LogP contribution is -2.23. The average molecular weight is 288 g/mol. The minimum Gasteiger partial charge on any atom is -0.310 e. The van der Waals surface area contributed by atoms with Gasteiger partial charge in [0, 0.05) is 11.6 Å². The van der Waals surface area contributed by atoms with Gasteiger partial charge in [-0.1, -0.05) is 31.4 Å². The van der Waals surface area contributed by atoms with Crippen molar-refractivity contribution in [3.05, 3.63) is 34.4 Å². The number of hydrogen-bond donors (Lipinski definition) is 1. The summed E-state index contributed by atoms with van der Waals surface area (Å²) in [5.74, 6) is -0.185. The summed E-state index contributed by atoms with van der Waals surface area (Å²) in [6.45, 7) is 2.86. The molecule has 1 atom stereocenters. The predicted molar refractivity (Wildman–Crippen MR) is 74.4 cm³/mol. The summed E-state index contributed by atoms with van der Waals surface area (Å²) in [5, 5.41) is 3.15. The summed E-state index contributed by atoms with van der Waals surface area (Å²) in [6.07, 6.45) is 5.45. The van der Waals surface area contributed by atoms with E-state index in [2.05, 4.69) is 12.2 Å². The Hall–Kier alpha value is -0.670. The lowest BCUT2D eigenvalue weighted by Gasteiger charge is -2.20. The van der Waals surface area contributed by atoms with Gasteiger partial charge in [-0.15, -0.1) is 0 Å². The van der Waals surface area contributed by atoms with Crippen LogP contribution >= 0.6 is 11.6 Å². The van der Waals surface area contributed by atoms with Crippen molar-refractivity contribution >= 4 is 11.6 Å². The molecule has 4 heteroatoms. The molecule has 1 saturated carbocycles. The van der Waals surface area contributed by atoms with E-state index in [0.717, 1.165) is 37.8 Å². The Labute approximate surface area is 118 Å². The molecule has 0 heterocycles. The van der Waals surface area contributed by atoms with Crippen LogP contribution in [0.4, 0.5) is 8.78 Å². The van der Waals surface area contributed by atoms with E-state index in [4.69, 9.17) is 11.6 Å². The summed E-state index contributed by atoms with van der Waals surface area (Å²) >= 11 is 5.60. The lowest BCUT2D eigenvalue weighted by atomic mass is 9.99. The zero-order valence-electron chi connectivity index (χ0n) is 11.2. The van der Waals surface area contributed by atoms with E-state index in [1.54, 1.807) is 0 Å². The standard InChI is InChI=1S/C15H20ClF2N/c1-2-7-19-15(6-5-10-3-4-10)11-8-14(18)12(16)9-13(11)17/h8-10,15,19H,2-7H2,1H3. The van der Waals surface area contributed by atoms with Crippen LogP contribution in [0.5, 0.6) is 0 Å². The molecule has 0 bridgehead atoms. The van der Waals surface area contributed by atoms with Crippen molar-refractivity contribution in [2.45, 2.75) is 45.1 Å². The first-order valence-electron chi connectivity index (χ1n) is 6.99. The summed E-state index contributed by atoms with van der Waals surface area (Å²) in [6, 6.07) is 2.19. The zero-order chi connectivity index (χ0) is 13.8. The Morgan fingerprint density at radius 3 is 2.68 bits per heavy atom. The van der Waals surface area contributed by atoms with Gasteiger partial charge in [-0.3, -0.25) is 0 Å². The molecule has 1 aromatic carbocycles. The number of hydrogen-bond acceptors (Lipinski definition) is 1. The molecule has 2 rings (SSSR count). The first kappa shape index (κ1) is 14.7. The van der Waals surface area contributed by atoms with Crippen LogP contribution in [-0.4, -0.2) is 6.54 Å². The highest BCUT2D eigenvalue weighted by Gasteiger charge is 2.24. The molecule has 0 aliphatic heterocycles. The van der Waals surface area contributed by atoms with Crippen molar-refractivity contribution < 1.29 is 8.78 Å². The second kappa shape index (κ2) is 6.67. The minimum absolute atomic E-state index is 0.118. The smallest absolute Gasteiger partial charge is 0.142 e. The van der Waals surface area contributed by atoms with E-state index in [-0.39, 0.29) is 11.1 Å². The van der Waals surface area contributed by atoms with Crippen molar-refractivity contribution in [1.29, 1.82) is 0 Å². The number of rotatable bonds is 7. The Morgan fingerprint density at radius 2 is 2.05 bits per heavy atom. The summed E-state index contributed by atoms with van der Waals surface area (Å²) in [7, 11) is 0. The first-order valence-corrected chi connectivity index (χ1v) is 7.37. The van der Waals surface area contributed by atoms with Gasteiger partial charge in [0.25, 0.3) is 0 Å². The van der Waals surface area contributed by atoms with Crippen LogP contribution < -0.4 is 5.32 Å². The lowest BCUT2D eigenvalue weighted by molar-refractivity contribution is 0.447. The molecule has 1 unspecified atom stereocenters. The van der Waals surface area contributed by atoms with Crippen LogP contribution in [0.15, 0.2) is 12.1 Å². The zero-order valence-corrected chi connectivity index (χ0v) is 11.9. The second-order valence-electron chi connectivity index (χ2n) is 5.32. The minimum atomic E-state index is -0.548. The molecular weight excluding hydrogens is 268 g/mol. The fraction of sp³-hybridized carbons (Fsp3) is 0.600. The molecule has 106 valence electrons. The molecule has 0 saturated heterocycles. The largest absolute Gasteiger partial charge is 0.310 e. The van der Waals surface area contributed by atoms with Gasteiger partial charge in [0.15, 0.2) is 0 Å². The van der Waals surface area contributed by atoms with Gasteiger partial charge in [-0.05, 0) is 43.9 Å². The maximum atomic E-state index is 14.0. The highest BCUT2D eigenvalue weighted by Crippen LogP contribution is 2.36. The van der Waals surface area contributed by atoms with Gasteiger partial charge >= 0.3 is 0 Å². The van der Waals surface area contributed by atoms with Crippen molar-refractivity contribution in [2.75, 3.05) is 6.54 Å². The Morgan fingerprint density at radius 1 is 1.32 bits per heavy atom. The van der Waals surface area contributed by atoms with E-state index in [0.29, 0.717) is 5.56 Å². The number of halogens is 3. The van der Waals surface area contributed by atoms with Crippen molar-refractivity contribution in [3.8, 4) is 0 Å². The monoisotopic (exact) mass is 287 g/mol. The van der Waals surface area contributed by atoms with Crippen LogP contribution in [-0.2, 0) is 0 Å². The van der Waals surface area contributed by atoms with E-state index < -0.39 is 11.6 Å². The van der Waals surface area contributed by atoms with Crippen LogP contribution in [0, 0.1) is 17.6 Å². The van der Waals surface area contributed by atoms with Gasteiger partial charge in [0.2, 0.25) is 0 Å². The highest BCUT2D eigenvalue weighted by atomic mass is 35.5. The van der Waals surface area contributed by atoms with Gasteiger partial charge in [0.05, 0.1) is 5.02 Å². The molecule has 19 heavy (non-hydrogen) atoms. The summed E-state index contributed by atoms with van der Waals surface area (Å²) < 4.78 is 27.5. The normalized spacial score (nSPS) is 16.6. The number of nitrogens with one attached hydrogen (secondary N) is 1. The van der Waals surface area contributed by atoms with Crippen LogP contribution in [0.2, 0.25) is 5.02 Å². The molecule has 0 radical (unpaired) electrons. The van der Waals surface area contributed by atoms with Crippen molar-refractivity contribution in [3.63, 3.8) is 0 Å². The van der Waals surface area contributed by atoms with Crippen molar-refractivity contribution in [1.82, 2.24) is 5.32 Å². The quantitative estimate of drug-likeness (QED) is 0.707. The van der Waals surface area contributed by atoms with Gasteiger partial charge in [0.1, 0.15) is 11.6 Å². The summed E-state index contributed by atoms with van der Waals surface area (Å²) in [4.78, 5) is 0. The summed E-state index contributed by atoms with van der Waals surface area (Å²) in [5.41, 5.74) is 0.399. The third-order valence-electron chi connectivity index (χ3n) is 3.62. The van der Waals surface area contributed by atoms with Gasteiger partial charge in [-0.2, -0.15) is 0 Å². The van der Waals surface area contributed by atoms with E-state index in [9.17, 15) is 8.78 Å². The van der Waals surface area contributed by atoms with E-state index in [1.165, 1.54) is 18.9 Å². The molecule has 1 fully saturated rings. The van der Waals surface area contributed by atoms with Crippen LogP contribution in [0.3, 0.4) is 0 Å². The molecule has 1 aliphatic rings. The topological polar surface area (TPSA) is 12.0 Å². The third kappa shape index (κ3) is 4.15. The van der Waals surface area contributed by atoms with E-state index >= 15 is 0 Å². The predicted octanol–water partition coefficient (Wildman–Crippen LogP) is 4.85.